The molecular formula is C15H16N4O2. The average Bonchev–Trinajstić information content (AvgIpc) is 3.06. The first-order valence-electron chi connectivity index (χ1n) is 6.76. The van der Waals surface area contributed by atoms with Gasteiger partial charge in [-0.3, -0.25) is 4.79 Å². The molecule has 2 aromatic heterocycles. The van der Waals surface area contributed by atoms with Crippen molar-refractivity contribution in [1.29, 1.82) is 0 Å². The van der Waals surface area contributed by atoms with Crippen molar-refractivity contribution in [3.63, 3.8) is 0 Å². The minimum Gasteiger partial charge on any atom is -0.459 e. The SMILES string of the molecule is Cc1cc2cccc(NC(=O)CC(C)n3cncn3)c2o1. The molecule has 0 saturated heterocycles. The molecule has 3 aromatic rings. The van der Waals surface area contributed by atoms with Crippen LogP contribution in [-0.2, 0) is 4.79 Å². The summed E-state index contributed by atoms with van der Waals surface area (Å²) in [6.45, 7) is 3.81. The molecule has 0 saturated carbocycles. The third-order valence-corrected chi connectivity index (χ3v) is 3.31. The molecule has 6 heteroatoms. The van der Waals surface area contributed by atoms with Crippen molar-refractivity contribution in [3.05, 3.63) is 42.7 Å². The maximum atomic E-state index is 12.2. The van der Waals surface area contributed by atoms with Crippen molar-refractivity contribution in [2.75, 3.05) is 5.32 Å². The van der Waals surface area contributed by atoms with E-state index in [4.69, 9.17) is 4.42 Å². The van der Waals surface area contributed by atoms with Gasteiger partial charge in [0, 0.05) is 11.8 Å². The second kappa shape index (κ2) is 5.40. The zero-order chi connectivity index (χ0) is 14.8. The van der Waals surface area contributed by atoms with E-state index in [0.717, 1.165) is 11.1 Å². The van der Waals surface area contributed by atoms with E-state index in [1.54, 1.807) is 11.0 Å². The summed E-state index contributed by atoms with van der Waals surface area (Å²) in [7, 11) is 0. The van der Waals surface area contributed by atoms with Crippen molar-refractivity contribution < 1.29 is 9.21 Å². The largest absolute Gasteiger partial charge is 0.459 e. The van der Waals surface area contributed by atoms with E-state index < -0.39 is 0 Å². The lowest BCUT2D eigenvalue weighted by Gasteiger charge is -2.11. The van der Waals surface area contributed by atoms with Gasteiger partial charge in [-0.25, -0.2) is 9.67 Å². The second-order valence-corrected chi connectivity index (χ2v) is 5.06. The molecule has 0 bridgehead atoms. The Hall–Kier alpha value is -2.63. The number of aromatic nitrogens is 3. The molecule has 3 rings (SSSR count). The number of fused-ring (bicyclic) bond motifs is 1. The van der Waals surface area contributed by atoms with Crippen LogP contribution in [0.2, 0.25) is 0 Å². The number of amides is 1. The Morgan fingerprint density at radius 1 is 1.48 bits per heavy atom. The summed E-state index contributed by atoms with van der Waals surface area (Å²) in [4.78, 5) is 16.0. The number of para-hydroxylation sites is 1. The highest BCUT2D eigenvalue weighted by atomic mass is 16.3. The fourth-order valence-corrected chi connectivity index (χ4v) is 2.30. The standard InChI is InChI=1S/C15H16N4O2/c1-10(19-9-16-8-17-19)6-14(20)18-13-5-3-4-12-7-11(2)21-15(12)13/h3-5,7-10H,6H2,1-2H3,(H,18,20). The molecule has 0 fully saturated rings. The van der Waals surface area contributed by atoms with E-state index in [1.807, 2.05) is 38.1 Å². The molecule has 2 heterocycles. The van der Waals surface area contributed by atoms with Gasteiger partial charge in [0.1, 0.15) is 18.4 Å². The highest BCUT2D eigenvalue weighted by Gasteiger charge is 2.14. The maximum absolute atomic E-state index is 12.2. The quantitative estimate of drug-likeness (QED) is 0.799. The number of anilines is 1. The van der Waals surface area contributed by atoms with E-state index in [2.05, 4.69) is 15.4 Å². The zero-order valence-electron chi connectivity index (χ0n) is 11.9. The minimum atomic E-state index is -0.0837. The first kappa shape index (κ1) is 13.4. The predicted molar refractivity (Wildman–Crippen MR) is 78.9 cm³/mol. The van der Waals surface area contributed by atoms with Gasteiger partial charge >= 0.3 is 0 Å². The highest BCUT2D eigenvalue weighted by Crippen LogP contribution is 2.26. The number of furan rings is 1. The van der Waals surface area contributed by atoms with Gasteiger partial charge in [0.05, 0.1) is 11.7 Å². The number of carbonyl (C=O) groups is 1. The van der Waals surface area contributed by atoms with E-state index in [1.165, 1.54) is 6.33 Å². The third kappa shape index (κ3) is 2.79. The number of hydrogen-bond acceptors (Lipinski definition) is 4. The Morgan fingerprint density at radius 3 is 3.10 bits per heavy atom. The Bertz CT molecular complexity index is 761. The molecular weight excluding hydrogens is 268 g/mol. The fourth-order valence-electron chi connectivity index (χ4n) is 2.30. The van der Waals surface area contributed by atoms with E-state index in [9.17, 15) is 4.79 Å². The Balaban J connectivity index is 1.74. The molecule has 1 unspecified atom stereocenters. The van der Waals surface area contributed by atoms with Gasteiger partial charge < -0.3 is 9.73 Å². The topological polar surface area (TPSA) is 73.0 Å². The molecule has 1 N–H and O–H groups in total. The summed E-state index contributed by atoms with van der Waals surface area (Å²) in [6, 6.07) is 7.59. The smallest absolute Gasteiger partial charge is 0.226 e. The average molecular weight is 284 g/mol. The van der Waals surface area contributed by atoms with Crippen molar-refractivity contribution in [1.82, 2.24) is 14.8 Å². The summed E-state index contributed by atoms with van der Waals surface area (Å²) in [6.07, 6.45) is 3.38. The first-order chi connectivity index (χ1) is 10.1. The molecule has 108 valence electrons. The monoisotopic (exact) mass is 284 g/mol. The Kier molecular flexibility index (Phi) is 3.43. The fraction of sp³-hybridized carbons (Fsp3) is 0.267. The lowest BCUT2D eigenvalue weighted by Crippen LogP contribution is -2.18. The van der Waals surface area contributed by atoms with Crippen LogP contribution in [0.4, 0.5) is 5.69 Å². The molecule has 6 nitrogen and oxygen atoms in total. The van der Waals surface area contributed by atoms with Gasteiger partial charge in [-0.2, -0.15) is 5.10 Å². The maximum Gasteiger partial charge on any atom is 0.226 e. The van der Waals surface area contributed by atoms with Crippen LogP contribution in [0.3, 0.4) is 0 Å². The van der Waals surface area contributed by atoms with Crippen molar-refractivity contribution in [2.45, 2.75) is 26.3 Å². The summed E-state index contributed by atoms with van der Waals surface area (Å²) in [5.41, 5.74) is 1.40. The molecule has 1 aromatic carbocycles. The zero-order valence-corrected chi connectivity index (χ0v) is 11.9. The summed E-state index contributed by atoms with van der Waals surface area (Å²) < 4.78 is 7.30. The van der Waals surface area contributed by atoms with Gasteiger partial charge in [0.25, 0.3) is 0 Å². The number of hydrogen-bond donors (Lipinski definition) is 1. The molecule has 1 amide bonds. The number of nitrogens with zero attached hydrogens (tertiary/aromatic N) is 3. The van der Waals surface area contributed by atoms with Crippen LogP contribution in [0.25, 0.3) is 11.0 Å². The van der Waals surface area contributed by atoms with Crippen molar-refractivity contribution in [3.8, 4) is 0 Å². The van der Waals surface area contributed by atoms with Gasteiger partial charge in [-0.05, 0) is 26.0 Å². The van der Waals surface area contributed by atoms with E-state index in [-0.39, 0.29) is 11.9 Å². The minimum absolute atomic E-state index is 0.0509. The van der Waals surface area contributed by atoms with Crippen LogP contribution >= 0.6 is 0 Å². The molecule has 0 aliphatic carbocycles. The van der Waals surface area contributed by atoms with Crippen LogP contribution in [0, 0.1) is 6.92 Å². The van der Waals surface area contributed by atoms with Crippen molar-refractivity contribution >= 4 is 22.6 Å². The summed E-state index contributed by atoms with van der Waals surface area (Å²) in [5.74, 6) is 0.738. The third-order valence-electron chi connectivity index (χ3n) is 3.31. The number of rotatable bonds is 4. The molecule has 0 radical (unpaired) electrons. The van der Waals surface area contributed by atoms with Crippen LogP contribution in [0.1, 0.15) is 25.1 Å². The van der Waals surface area contributed by atoms with Crippen LogP contribution in [0.15, 0.2) is 41.3 Å². The Morgan fingerprint density at radius 2 is 2.33 bits per heavy atom. The van der Waals surface area contributed by atoms with Crippen LogP contribution in [0.5, 0.6) is 0 Å². The number of aryl methyl sites for hydroxylation is 1. The summed E-state index contributed by atoms with van der Waals surface area (Å²) >= 11 is 0. The van der Waals surface area contributed by atoms with E-state index >= 15 is 0 Å². The second-order valence-electron chi connectivity index (χ2n) is 5.06. The summed E-state index contributed by atoms with van der Waals surface area (Å²) in [5, 5.41) is 7.91. The van der Waals surface area contributed by atoms with Gasteiger partial charge in [0.2, 0.25) is 5.91 Å². The number of nitrogens with one attached hydrogen (secondary N) is 1. The molecule has 21 heavy (non-hydrogen) atoms. The molecule has 1 atom stereocenters. The number of carbonyl (C=O) groups excluding carboxylic acids is 1. The van der Waals surface area contributed by atoms with Gasteiger partial charge in [-0.15, -0.1) is 0 Å². The molecule has 0 aliphatic heterocycles. The molecule has 0 spiro atoms. The Labute approximate surface area is 121 Å². The van der Waals surface area contributed by atoms with Gasteiger partial charge in [-0.1, -0.05) is 12.1 Å². The lowest BCUT2D eigenvalue weighted by atomic mass is 10.2. The lowest BCUT2D eigenvalue weighted by molar-refractivity contribution is -0.116. The first-order valence-corrected chi connectivity index (χ1v) is 6.76. The highest BCUT2D eigenvalue weighted by molar-refractivity contribution is 5.99. The predicted octanol–water partition coefficient (Wildman–Crippen LogP) is 2.92. The number of benzene rings is 1. The van der Waals surface area contributed by atoms with Crippen molar-refractivity contribution in [2.24, 2.45) is 0 Å². The van der Waals surface area contributed by atoms with Gasteiger partial charge in [0.15, 0.2) is 5.58 Å². The van der Waals surface area contributed by atoms with E-state index in [0.29, 0.717) is 17.7 Å². The van der Waals surface area contributed by atoms with Crippen LogP contribution in [-0.4, -0.2) is 20.7 Å². The molecule has 0 aliphatic rings. The normalized spacial score (nSPS) is 12.5. The van der Waals surface area contributed by atoms with Crippen LogP contribution < -0.4 is 5.32 Å².